The van der Waals surface area contributed by atoms with Crippen molar-refractivity contribution in [3.05, 3.63) is 0 Å². The van der Waals surface area contributed by atoms with E-state index in [1.165, 1.54) is 83.5 Å². The van der Waals surface area contributed by atoms with Crippen LogP contribution in [0.15, 0.2) is 0 Å². The quantitative estimate of drug-likeness (QED) is 0.0468. The van der Waals surface area contributed by atoms with E-state index in [1.54, 1.807) is 0 Å². The Morgan fingerprint density at radius 3 is 1.18 bits per heavy atom. The van der Waals surface area contributed by atoms with Crippen LogP contribution >= 0.6 is 0 Å². The summed E-state index contributed by atoms with van der Waals surface area (Å²) in [5.74, 6) is -1.10. The molecular formula is C34H68O5. The van der Waals surface area contributed by atoms with E-state index in [2.05, 4.69) is 27.7 Å². The Balaban J connectivity index is 3.93. The third-order valence-electron chi connectivity index (χ3n) is 7.33. The fourth-order valence-corrected chi connectivity index (χ4v) is 4.65. The van der Waals surface area contributed by atoms with Crippen molar-refractivity contribution in [2.24, 2.45) is 0 Å². The summed E-state index contributed by atoms with van der Waals surface area (Å²) < 4.78 is 24.0. The van der Waals surface area contributed by atoms with Gasteiger partial charge in [0.2, 0.25) is 0 Å². The van der Waals surface area contributed by atoms with Gasteiger partial charge in [0.15, 0.2) is 0 Å². The van der Waals surface area contributed by atoms with Crippen molar-refractivity contribution >= 4 is 5.97 Å². The Labute approximate surface area is 243 Å². The van der Waals surface area contributed by atoms with Crippen LogP contribution in [-0.4, -0.2) is 38.4 Å². The zero-order chi connectivity index (χ0) is 28.7. The molecule has 0 N–H and O–H groups in total. The number of ether oxygens (including phenoxy) is 4. The molecule has 0 unspecified atom stereocenters. The van der Waals surface area contributed by atoms with Crippen LogP contribution in [0.4, 0.5) is 0 Å². The van der Waals surface area contributed by atoms with Crippen molar-refractivity contribution in [3.63, 3.8) is 0 Å². The second-order valence-corrected chi connectivity index (χ2v) is 11.3. The van der Waals surface area contributed by atoms with Crippen molar-refractivity contribution in [2.45, 2.75) is 188 Å². The highest BCUT2D eigenvalue weighted by Crippen LogP contribution is 2.24. The number of hydrogen-bond donors (Lipinski definition) is 0. The number of rotatable bonds is 32. The summed E-state index contributed by atoms with van der Waals surface area (Å²) in [6.45, 7) is 11.0. The van der Waals surface area contributed by atoms with Crippen LogP contribution in [0, 0.1) is 0 Å². The third-order valence-corrected chi connectivity index (χ3v) is 7.33. The number of hydrogen-bond acceptors (Lipinski definition) is 5. The summed E-state index contributed by atoms with van der Waals surface area (Å²) in [6, 6.07) is 0. The molecule has 39 heavy (non-hydrogen) atoms. The van der Waals surface area contributed by atoms with Gasteiger partial charge in [-0.25, -0.2) is 0 Å². The van der Waals surface area contributed by atoms with E-state index >= 15 is 0 Å². The van der Waals surface area contributed by atoms with Gasteiger partial charge in [0.25, 0.3) is 5.97 Å². The van der Waals surface area contributed by atoms with Crippen LogP contribution in [0.5, 0.6) is 0 Å². The SMILES string of the molecule is CCCCCCCCCCCCCCCCCC(=O)OCCCC(OCCCC)(OCCCC)OCCCC. The first-order valence-corrected chi connectivity index (χ1v) is 17.2. The van der Waals surface area contributed by atoms with E-state index in [-0.39, 0.29) is 5.97 Å². The number of carbonyl (C=O) groups is 1. The van der Waals surface area contributed by atoms with Crippen molar-refractivity contribution in [2.75, 3.05) is 26.4 Å². The first-order chi connectivity index (χ1) is 19.1. The predicted octanol–water partition coefficient (Wildman–Crippen LogP) is 10.7. The fraction of sp³-hybridized carbons (Fsp3) is 0.971. The van der Waals surface area contributed by atoms with Crippen LogP contribution in [0.25, 0.3) is 0 Å². The molecule has 5 nitrogen and oxygen atoms in total. The minimum absolute atomic E-state index is 0.0824. The molecule has 0 amide bonds. The summed E-state index contributed by atoms with van der Waals surface area (Å²) in [5.41, 5.74) is 0. The Morgan fingerprint density at radius 1 is 0.436 bits per heavy atom. The van der Waals surface area contributed by atoms with Crippen molar-refractivity contribution in [3.8, 4) is 0 Å². The van der Waals surface area contributed by atoms with Crippen LogP contribution in [0.1, 0.15) is 182 Å². The van der Waals surface area contributed by atoms with E-state index < -0.39 is 5.97 Å². The summed E-state index contributed by atoms with van der Waals surface area (Å²) >= 11 is 0. The molecule has 0 saturated carbocycles. The molecule has 5 heteroatoms. The lowest BCUT2D eigenvalue weighted by atomic mass is 10.0. The molecule has 0 aromatic carbocycles. The Kier molecular flexibility index (Phi) is 29.8. The second kappa shape index (κ2) is 30.3. The highest BCUT2D eigenvalue weighted by Gasteiger charge is 2.33. The summed E-state index contributed by atoms with van der Waals surface area (Å²) in [5, 5.41) is 0. The Hall–Kier alpha value is -0.650. The molecule has 0 heterocycles. The van der Waals surface area contributed by atoms with Gasteiger partial charge in [-0.3, -0.25) is 4.79 Å². The topological polar surface area (TPSA) is 54.0 Å². The first kappa shape index (κ1) is 38.4. The Bertz CT molecular complexity index is 469. The average molecular weight is 557 g/mol. The molecule has 0 fully saturated rings. The van der Waals surface area contributed by atoms with E-state index in [1.807, 2.05) is 0 Å². The monoisotopic (exact) mass is 557 g/mol. The number of unbranched alkanes of at least 4 members (excludes halogenated alkanes) is 17. The molecule has 0 spiro atoms. The number of esters is 1. The summed E-state index contributed by atoms with van der Waals surface area (Å²) in [6.07, 6.45) is 27.8. The zero-order valence-corrected chi connectivity index (χ0v) is 26.8. The van der Waals surface area contributed by atoms with Crippen molar-refractivity contribution < 1.29 is 23.7 Å². The molecular weight excluding hydrogens is 488 g/mol. The molecule has 0 rings (SSSR count). The number of carbonyl (C=O) groups excluding carboxylic acids is 1. The zero-order valence-electron chi connectivity index (χ0n) is 26.8. The normalized spacial score (nSPS) is 11.8. The van der Waals surface area contributed by atoms with Gasteiger partial charge in [-0.2, -0.15) is 0 Å². The second-order valence-electron chi connectivity index (χ2n) is 11.3. The van der Waals surface area contributed by atoms with Gasteiger partial charge in [-0.05, 0) is 32.1 Å². The molecule has 0 bridgehead atoms. The molecule has 0 aliphatic carbocycles. The fourth-order valence-electron chi connectivity index (χ4n) is 4.65. The van der Waals surface area contributed by atoms with E-state index in [9.17, 15) is 4.79 Å². The first-order valence-electron chi connectivity index (χ1n) is 17.2. The average Bonchev–Trinajstić information content (AvgIpc) is 2.93. The van der Waals surface area contributed by atoms with Gasteiger partial charge < -0.3 is 18.9 Å². The van der Waals surface area contributed by atoms with Crippen LogP contribution in [0.2, 0.25) is 0 Å². The highest BCUT2D eigenvalue weighted by atomic mass is 16.9. The largest absolute Gasteiger partial charge is 0.466 e. The lowest BCUT2D eigenvalue weighted by Crippen LogP contribution is -2.40. The van der Waals surface area contributed by atoms with Crippen LogP contribution < -0.4 is 0 Å². The van der Waals surface area contributed by atoms with Crippen LogP contribution in [-0.2, 0) is 23.7 Å². The minimum atomic E-state index is -1.01. The molecule has 234 valence electrons. The summed E-state index contributed by atoms with van der Waals surface area (Å²) in [7, 11) is 0. The van der Waals surface area contributed by atoms with Crippen molar-refractivity contribution in [1.29, 1.82) is 0 Å². The minimum Gasteiger partial charge on any atom is -0.466 e. The smallest absolute Gasteiger partial charge is 0.305 e. The lowest BCUT2D eigenvalue weighted by Gasteiger charge is -2.33. The van der Waals surface area contributed by atoms with Gasteiger partial charge in [-0.15, -0.1) is 0 Å². The molecule has 0 saturated heterocycles. The van der Waals surface area contributed by atoms with Crippen molar-refractivity contribution in [1.82, 2.24) is 0 Å². The van der Waals surface area contributed by atoms with Gasteiger partial charge >= 0.3 is 5.97 Å². The Morgan fingerprint density at radius 2 is 0.795 bits per heavy atom. The van der Waals surface area contributed by atoms with E-state index in [0.29, 0.717) is 45.7 Å². The molecule has 0 aromatic heterocycles. The van der Waals surface area contributed by atoms with Gasteiger partial charge in [0, 0.05) is 12.8 Å². The van der Waals surface area contributed by atoms with E-state index in [4.69, 9.17) is 18.9 Å². The molecule has 0 atom stereocenters. The molecule has 0 aromatic rings. The lowest BCUT2D eigenvalue weighted by molar-refractivity contribution is -0.384. The van der Waals surface area contributed by atoms with Gasteiger partial charge in [0.1, 0.15) is 0 Å². The maximum absolute atomic E-state index is 12.2. The van der Waals surface area contributed by atoms with Gasteiger partial charge in [0.05, 0.1) is 26.4 Å². The van der Waals surface area contributed by atoms with Gasteiger partial charge in [-0.1, -0.05) is 137 Å². The van der Waals surface area contributed by atoms with Crippen LogP contribution in [0.3, 0.4) is 0 Å². The molecule has 0 radical (unpaired) electrons. The van der Waals surface area contributed by atoms with E-state index in [0.717, 1.165) is 51.4 Å². The standard InChI is InChI=1S/C34H68O5/c1-5-9-13-14-15-16-17-18-19-20-21-22-23-24-25-27-33(35)36-29-26-28-34(37-30-10-6-2,38-31-11-7-3)39-32-12-8-4/h5-32H2,1-4H3. The predicted molar refractivity (Wildman–Crippen MR) is 165 cm³/mol. The molecule has 0 aliphatic rings. The maximum atomic E-state index is 12.2. The third kappa shape index (κ3) is 26.0. The highest BCUT2D eigenvalue weighted by molar-refractivity contribution is 5.69. The molecule has 0 aliphatic heterocycles. The maximum Gasteiger partial charge on any atom is 0.305 e. The summed E-state index contributed by atoms with van der Waals surface area (Å²) in [4.78, 5) is 12.2.